The maximum Gasteiger partial charge on any atom is 0.306 e. The van der Waals surface area contributed by atoms with Gasteiger partial charge in [0.1, 0.15) is 13.2 Å². The van der Waals surface area contributed by atoms with Gasteiger partial charge in [0.25, 0.3) is 0 Å². The normalized spacial score (nSPS) is 12.1. The summed E-state index contributed by atoms with van der Waals surface area (Å²) in [7, 11) is 0. The number of hydrogen-bond donors (Lipinski definition) is 0. The van der Waals surface area contributed by atoms with Gasteiger partial charge in [0.05, 0.1) is 0 Å². The van der Waals surface area contributed by atoms with Crippen LogP contribution in [0.25, 0.3) is 0 Å². The Bertz CT molecular complexity index is 1270. The topological polar surface area (TPSA) is 78.9 Å². The number of hydrogen-bond acceptors (Lipinski definition) is 6. The van der Waals surface area contributed by atoms with Crippen molar-refractivity contribution in [2.45, 2.75) is 412 Å². The van der Waals surface area contributed by atoms with Crippen LogP contribution in [0.3, 0.4) is 0 Å². The van der Waals surface area contributed by atoms with Gasteiger partial charge in [0.2, 0.25) is 0 Å². The van der Waals surface area contributed by atoms with E-state index in [1.807, 2.05) is 0 Å². The van der Waals surface area contributed by atoms with E-state index in [9.17, 15) is 14.4 Å². The van der Waals surface area contributed by atoms with Crippen LogP contribution < -0.4 is 0 Å². The molecular weight excluding hydrogens is 973 g/mol. The summed E-state index contributed by atoms with van der Waals surface area (Å²) in [6.45, 7) is 6.67. The van der Waals surface area contributed by atoms with Crippen molar-refractivity contribution in [3.63, 3.8) is 0 Å². The molecule has 0 aliphatic heterocycles. The molecule has 0 N–H and O–H groups in total. The van der Waals surface area contributed by atoms with Gasteiger partial charge in [-0.05, 0) is 44.9 Å². The lowest BCUT2D eigenvalue weighted by Gasteiger charge is -2.18. The number of carbonyl (C=O) groups excluding carboxylic acids is 3. The second-order valence-corrected chi connectivity index (χ2v) is 24.5. The molecule has 0 saturated carbocycles. The fourth-order valence-corrected chi connectivity index (χ4v) is 11.1. The molecule has 466 valence electrons. The molecule has 79 heavy (non-hydrogen) atoms. The largest absolute Gasteiger partial charge is 0.462 e. The number of unbranched alkanes of at least 4 members (excludes halogenated alkanes) is 52. The first-order valence-electron chi connectivity index (χ1n) is 35.8. The number of esters is 3. The van der Waals surface area contributed by atoms with Crippen molar-refractivity contribution in [3.8, 4) is 0 Å². The first-order chi connectivity index (χ1) is 39.0. The minimum Gasteiger partial charge on any atom is -0.462 e. The van der Waals surface area contributed by atoms with Crippen LogP contribution in [0.2, 0.25) is 0 Å². The Morgan fingerprint density at radius 2 is 0.468 bits per heavy atom. The second kappa shape index (κ2) is 68.4. The van der Waals surface area contributed by atoms with E-state index < -0.39 is 6.10 Å². The highest BCUT2D eigenvalue weighted by Crippen LogP contribution is 2.19. The minimum atomic E-state index is -0.774. The van der Waals surface area contributed by atoms with Gasteiger partial charge in [-0.15, -0.1) is 0 Å². The molecule has 0 radical (unpaired) electrons. The molecule has 0 aromatic rings. The van der Waals surface area contributed by atoms with Gasteiger partial charge in [0.15, 0.2) is 6.10 Å². The van der Waals surface area contributed by atoms with Crippen molar-refractivity contribution in [2.24, 2.45) is 0 Å². The van der Waals surface area contributed by atoms with Crippen molar-refractivity contribution in [1.29, 1.82) is 0 Å². The highest BCUT2D eigenvalue weighted by molar-refractivity contribution is 5.71. The smallest absolute Gasteiger partial charge is 0.306 e. The molecule has 1 atom stereocenters. The molecule has 0 fully saturated rings. The molecule has 0 amide bonds. The molecule has 0 aliphatic carbocycles. The summed E-state index contributed by atoms with van der Waals surface area (Å²) >= 11 is 0. The third kappa shape index (κ3) is 66.6. The van der Waals surface area contributed by atoms with Crippen molar-refractivity contribution in [3.05, 3.63) is 24.3 Å². The van der Waals surface area contributed by atoms with E-state index in [1.54, 1.807) is 0 Å². The Hall–Kier alpha value is -2.11. The lowest BCUT2D eigenvalue weighted by atomic mass is 10.0. The fourth-order valence-electron chi connectivity index (χ4n) is 11.1. The highest BCUT2D eigenvalue weighted by Gasteiger charge is 2.19. The molecule has 6 heteroatoms. The zero-order valence-electron chi connectivity index (χ0n) is 53.7. The van der Waals surface area contributed by atoms with E-state index in [1.165, 1.54) is 289 Å². The van der Waals surface area contributed by atoms with Gasteiger partial charge < -0.3 is 14.2 Å². The van der Waals surface area contributed by atoms with Crippen LogP contribution in [0.15, 0.2) is 24.3 Å². The number of rotatable bonds is 67. The number of ether oxygens (including phenoxy) is 3. The van der Waals surface area contributed by atoms with Crippen LogP contribution >= 0.6 is 0 Å². The van der Waals surface area contributed by atoms with E-state index in [0.717, 1.165) is 77.0 Å². The third-order valence-electron chi connectivity index (χ3n) is 16.5. The van der Waals surface area contributed by atoms with E-state index >= 15 is 0 Å². The number of allylic oxidation sites excluding steroid dienone is 4. The summed E-state index contributed by atoms with van der Waals surface area (Å²) < 4.78 is 17.0. The fraction of sp³-hybridized carbons (Fsp3) is 0.904. The first kappa shape index (κ1) is 76.9. The molecule has 0 spiro atoms. The van der Waals surface area contributed by atoms with Gasteiger partial charge in [-0.2, -0.15) is 0 Å². The summed E-state index contributed by atoms with van der Waals surface area (Å²) in [6, 6.07) is 0. The van der Waals surface area contributed by atoms with Crippen LogP contribution in [0.4, 0.5) is 0 Å². The predicted octanol–water partition coefficient (Wildman–Crippen LogP) is 24.6. The lowest BCUT2D eigenvalue weighted by Crippen LogP contribution is -2.30. The van der Waals surface area contributed by atoms with Crippen LogP contribution in [0.1, 0.15) is 406 Å². The van der Waals surface area contributed by atoms with Crippen molar-refractivity contribution in [2.75, 3.05) is 13.2 Å². The SMILES string of the molecule is CCCC/C=C\C/C=C\CCCCCCCC(=O)OCC(COC(=O)CCCCCCCCCCCCCCCCCCCCCCCCCCCCCCC)OC(=O)CCCCCCCCCCCCCCCCCCCC. The molecule has 0 heterocycles. The van der Waals surface area contributed by atoms with Crippen LogP contribution in [-0.2, 0) is 28.6 Å². The van der Waals surface area contributed by atoms with Gasteiger partial charge in [-0.1, -0.05) is 366 Å². The average Bonchev–Trinajstić information content (AvgIpc) is 3.45. The molecule has 1 unspecified atom stereocenters. The van der Waals surface area contributed by atoms with Crippen LogP contribution in [0.5, 0.6) is 0 Å². The third-order valence-corrected chi connectivity index (χ3v) is 16.5. The lowest BCUT2D eigenvalue weighted by molar-refractivity contribution is -0.167. The standard InChI is InChI=1S/C73H138O6/c1-4-7-10-13-16-19-22-25-28-30-32-33-34-35-36-37-38-39-40-41-42-44-45-48-51-54-57-60-63-66-72(75)78-69-70(68-77-71(74)65-62-59-56-53-50-47-27-24-21-18-15-12-9-6-3)79-73(76)67-64-61-58-55-52-49-46-43-31-29-26-23-20-17-14-11-8-5-2/h15,18,24,27,70H,4-14,16-17,19-23,25-26,28-69H2,1-3H3/b18-15-,27-24-. The second-order valence-electron chi connectivity index (χ2n) is 24.5. The van der Waals surface area contributed by atoms with Gasteiger partial charge in [-0.25, -0.2) is 0 Å². The summed E-state index contributed by atoms with van der Waals surface area (Å²) in [5.74, 6) is -0.852. The zero-order valence-corrected chi connectivity index (χ0v) is 53.7. The van der Waals surface area contributed by atoms with E-state index in [4.69, 9.17) is 14.2 Å². The summed E-state index contributed by atoms with van der Waals surface area (Å²) in [6.07, 6.45) is 83.6. The molecular formula is C73H138O6. The Morgan fingerprint density at radius 3 is 0.734 bits per heavy atom. The minimum absolute atomic E-state index is 0.0693. The van der Waals surface area contributed by atoms with Gasteiger partial charge >= 0.3 is 17.9 Å². The van der Waals surface area contributed by atoms with Crippen molar-refractivity contribution >= 4 is 17.9 Å². The number of carbonyl (C=O) groups is 3. The highest BCUT2D eigenvalue weighted by atomic mass is 16.6. The van der Waals surface area contributed by atoms with E-state index in [2.05, 4.69) is 45.1 Å². The first-order valence-corrected chi connectivity index (χ1v) is 35.8. The van der Waals surface area contributed by atoms with E-state index in [0.29, 0.717) is 19.3 Å². The van der Waals surface area contributed by atoms with Crippen molar-refractivity contribution < 1.29 is 28.6 Å². The Balaban J connectivity index is 4.17. The quantitative estimate of drug-likeness (QED) is 0.0261. The molecule has 0 saturated heterocycles. The predicted molar refractivity (Wildman–Crippen MR) is 344 cm³/mol. The van der Waals surface area contributed by atoms with E-state index in [-0.39, 0.29) is 31.1 Å². The molecule has 0 aromatic carbocycles. The zero-order chi connectivity index (χ0) is 57.1. The average molecular weight is 1110 g/mol. The van der Waals surface area contributed by atoms with Crippen LogP contribution in [-0.4, -0.2) is 37.2 Å². The molecule has 0 aliphatic rings. The monoisotopic (exact) mass is 1110 g/mol. The summed E-state index contributed by atoms with van der Waals surface area (Å²) in [5.41, 5.74) is 0. The summed E-state index contributed by atoms with van der Waals surface area (Å²) in [4.78, 5) is 38.4. The Kier molecular flexibility index (Phi) is 66.6. The van der Waals surface area contributed by atoms with Crippen LogP contribution in [0, 0.1) is 0 Å². The van der Waals surface area contributed by atoms with Gasteiger partial charge in [0, 0.05) is 19.3 Å². The maximum absolute atomic E-state index is 12.9. The Morgan fingerprint density at radius 1 is 0.253 bits per heavy atom. The Labute approximate surface area is 493 Å². The molecule has 0 rings (SSSR count). The van der Waals surface area contributed by atoms with Crippen molar-refractivity contribution in [1.82, 2.24) is 0 Å². The van der Waals surface area contributed by atoms with Gasteiger partial charge in [-0.3, -0.25) is 14.4 Å². The molecule has 0 aromatic heterocycles. The molecule has 0 bridgehead atoms. The maximum atomic E-state index is 12.9. The summed E-state index contributed by atoms with van der Waals surface area (Å²) in [5, 5.41) is 0. The molecule has 6 nitrogen and oxygen atoms in total.